The second-order valence-corrected chi connectivity index (χ2v) is 4.89. The summed E-state index contributed by atoms with van der Waals surface area (Å²) >= 11 is 0. The molecule has 1 aromatic heterocycles. The minimum Gasteiger partial charge on any atom is -0.386 e. The Balaban J connectivity index is 2.18. The lowest BCUT2D eigenvalue weighted by Gasteiger charge is -2.26. The molecule has 0 aliphatic heterocycles. The molecule has 0 spiro atoms. The molecule has 1 fully saturated rings. The van der Waals surface area contributed by atoms with Crippen LogP contribution >= 0.6 is 0 Å². The minimum atomic E-state index is -0.803. The third-order valence-corrected chi connectivity index (χ3v) is 3.54. The van der Waals surface area contributed by atoms with Gasteiger partial charge in [-0.1, -0.05) is 13.8 Å². The van der Waals surface area contributed by atoms with Gasteiger partial charge in [0.05, 0.1) is 12.1 Å². The van der Waals surface area contributed by atoms with E-state index in [1.165, 1.54) is 0 Å². The number of rotatable bonds is 6. The van der Waals surface area contributed by atoms with Gasteiger partial charge >= 0.3 is 0 Å². The Morgan fingerprint density at radius 2 is 2.12 bits per heavy atom. The molecule has 5 nitrogen and oxygen atoms in total. The zero-order valence-corrected chi connectivity index (χ0v) is 10.7. The summed E-state index contributed by atoms with van der Waals surface area (Å²) in [5.41, 5.74) is 4.91. The lowest BCUT2D eigenvalue weighted by atomic mass is 9.98. The highest BCUT2D eigenvalue weighted by Crippen LogP contribution is 2.40. The first-order valence-electron chi connectivity index (χ1n) is 6.48. The van der Waals surface area contributed by atoms with Crippen molar-refractivity contribution in [2.24, 2.45) is 11.7 Å². The molecule has 1 heterocycles. The van der Waals surface area contributed by atoms with Crippen molar-refractivity contribution in [1.29, 1.82) is 0 Å². The minimum absolute atomic E-state index is 0.294. The Bertz CT molecular complexity index is 386. The third-order valence-electron chi connectivity index (χ3n) is 3.54. The van der Waals surface area contributed by atoms with E-state index in [0.29, 0.717) is 19.0 Å². The maximum absolute atomic E-state index is 10.5. The number of hydrogen-bond donors (Lipinski definition) is 2. The molecule has 3 N–H and O–H groups in total. The van der Waals surface area contributed by atoms with E-state index in [9.17, 15) is 5.11 Å². The largest absolute Gasteiger partial charge is 0.386 e. The predicted octanol–water partition coefficient (Wildman–Crippen LogP) is 0.503. The lowest BCUT2D eigenvalue weighted by Crippen LogP contribution is -2.44. The monoisotopic (exact) mass is 238 g/mol. The van der Waals surface area contributed by atoms with E-state index in [2.05, 4.69) is 17.0 Å². The molecule has 0 radical (unpaired) electrons. The fourth-order valence-corrected chi connectivity index (χ4v) is 2.20. The van der Waals surface area contributed by atoms with Gasteiger partial charge in [-0.25, -0.2) is 9.67 Å². The molecule has 1 unspecified atom stereocenters. The summed E-state index contributed by atoms with van der Waals surface area (Å²) in [7, 11) is 0. The van der Waals surface area contributed by atoms with Crippen molar-refractivity contribution in [3.63, 3.8) is 0 Å². The molecule has 17 heavy (non-hydrogen) atoms. The maximum atomic E-state index is 10.5. The Morgan fingerprint density at radius 1 is 1.41 bits per heavy atom. The van der Waals surface area contributed by atoms with E-state index >= 15 is 0 Å². The zero-order chi connectivity index (χ0) is 12.5. The van der Waals surface area contributed by atoms with Crippen molar-refractivity contribution in [2.45, 2.75) is 51.7 Å². The van der Waals surface area contributed by atoms with Crippen LogP contribution in [0.3, 0.4) is 0 Å². The number of nitrogens with two attached hydrogens (primary N) is 1. The first-order valence-corrected chi connectivity index (χ1v) is 6.48. The summed E-state index contributed by atoms with van der Waals surface area (Å²) in [4.78, 5) is 4.45. The van der Waals surface area contributed by atoms with Crippen LogP contribution in [0.5, 0.6) is 0 Å². The van der Waals surface area contributed by atoms with Gasteiger partial charge in [-0.15, -0.1) is 0 Å². The molecule has 1 aliphatic rings. The molecule has 5 heteroatoms. The smallest absolute Gasteiger partial charge is 0.150 e. The van der Waals surface area contributed by atoms with Gasteiger partial charge in [-0.05, 0) is 18.8 Å². The maximum Gasteiger partial charge on any atom is 0.150 e. The average molecular weight is 238 g/mol. The SMILES string of the molecule is CCc1nc(CC)n(CC(O)(CN)C2CC2)n1. The molecule has 0 amide bonds. The molecule has 0 saturated heterocycles. The van der Waals surface area contributed by atoms with Gasteiger partial charge in [0.2, 0.25) is 0 Å². The fourth-order valence-electron chi connectivity index (χ4n) is 2.20. The summed E-state index contributed by atoms with van der Waals surface area (Å²) < 4.78 is 1.84. The second-order valence-electron chi connectivity index (χ2n) is 4.89. The van der Waals surface area contributed by atoms with Gasteiger partial charge < -0.3 is 10.8 Å². The summed E-state index contributed by atoms with van der Waals surface area (Å²) in [5.74, 6) is 2.12. The van der Waals surface area contributed by atoms with E-state index in [0.717, 1.165) is 37.3 Å². The summed E-state index contributed by atoms with van der Waals surface area (Å²) in [6.07, 6.45) is 3.80. The fraction of sp³-hybridized carbons (Fsp3) is 0.833. The summed E-state index contributed by atoms with van der Waals surface area (Å²) in [6, 6.07) is 0. The van der Waals surface area contributed by atoms with Crippen LogP contribution in [0.25, 0.3) is 0 Å². The third kappa shape index (κ3) is 2.50. The first-order chi connectivity index (χ1) is 8.12. The highest BCUT2D eigenvalue weighted by Gasteiger charge is 2.43. The zero-order valence-electron chi connectivity index (χ0n) is 10.7. The molecule has 1 aliphatic carbocycles. The Kier molecular flexibility index (Phi) is 3.49. The van der Waals surface area contributed by atoms with Crippen LogP contribution in [0, 0.1) is 5.92 Å². The van der Waals surface area contributed by atoms with E-state index < -0.39 is 5.60 Å². The topological polar surface area (TPSA) is 77.0 Å². The van der Waals surface area contributed by atoms with Crippen LogP contribution in [-0.2, 0) is 19.4 Å². The standard InChI is InChI=1S/C12H22N4O/c1-3-10-14-11(4-2)16(15-10)8-12(17,7-13)9-5-6-9/h9,17H,3-8,13H2,1-2H3. The van der Waals surface area contributed by atoms with E-state index in [4.69, 9.17) is 5.73 Å². The van der Waals surface area contributed by atoms with Gasteiger partial charge in [-0.3, -0.25) is 0 Å². The quantitative estimate of drug-likeness (QED) is 0.756. The molecule has 96 valence electrons. The van der Waals surface area contributed by atoms with Crippen molar-refractivity contribution in [2.75, 3.05) is 6.54 Å². The molecule has 0 bridgehead atoms. The van der Waals surface area contributed by atoms with Gasteiger partial charge in [0.15, 0.2) is 5.82 Å². The Morgan fingerprint density at radius 3 is 2.59 bits per heavy atom. The normalized spacial score (nSPS) is 19.3. The number of aryl methyl sites for hydroxylation is 2. The van der Waals surface area contributed by atoms with Crippen LogP contribution in [-0.4, -0.2) is 32.0 Å². The Hall–Kier alpha value is -0.940. The van der Waals surface area contributed by atoms with Crippen molar-refractivity contribution in [3.8, 4) is 0 Å². The molecule has 1 saturated carbocycles. The van der Waals surface area contributed by atoms with E-state index in [1.54, 1.807) is 0 Å². The number of nitrogens with zero attached hydrogens (tertiary/aromatic N) is 3. The number of hydrogen-bond acceptors (Lipinski definition) is 4. The lowest BCUT2D eigenvalue weighted by molar-refractivity contribution is 0.00536. The molecular formula is C12H22N4O. The molecule has 2 rings (SSSR count). The van der Waals surface area contributed by atoms with Gasteiger partial charge in [0.25, 0.3) is 0 Å². The van der Waals surface area contributed by atoms with Crippen LogP contribution in [0.4, 0.5) is 0 Å². The van der Waals surface area contributed by atoms with Crippen LogP contribution < -0.4 is 5.73 Å². The number of aromatic nitrogens is 3. The van der Waals surface area contributed by atoms with Gasteiger partial charge in [0, 0.05) is 19.4 Å². The van der Waals surface area contributed by atoms with Crippen molar-refractivity contribution < 1.29 is 5.11 Å². The molecule has 0 aromatic carbocycles. The second kappa shape index (κ2) is 4.74. The van der Waals surface area contributed by atoms with Gasteiger partial charge in [0.1, 0.15) is 5.82 Å². The Labute approximate surface area is 102 Å². The van der Waals surface area contributed by atoms with Crippen LogP contribution in [0.15, 0.2) is 0 Å². The average Bonchev–Trinajstić information content (AvgIpc) is 3.12. The summed E-state index contributed by atoms with van der Waals surface area (Å²) in [5, 5.41) is 14.9. The summed E-state index contributed by atoms with van der Waals surface area (Å²) in [6.45, 7) is 4.86. The van der Waals surface area contributed by atoms with Crippen LogP contribution in [0.2, 0.25) is 0 Å². The number of aliphatic hydroxyl groups is 1. The van der Waals surface area contributed by atoms with E-state index in [-0.39, 0.29) is 0 Å². The van der Waals surface area contributed by atoms with Crippen molar-refractivity contribution in [3.05, 3.63) is 11.6 Å². The van der Waals surface area contributed by atoms with Crippen molar-refractivity contribution in [1.82, 2.24) is 14.8 Å². The van der Waals surface area contributed by atoms with Crippen LogP contribution in [0.1, 0.15) is 38.3 Å². The molecule has 1 atom stereocenters. The molecular weight excluding hydrogens is 216 g/mol. The first kappa shape index (κ1) is 12.5. The molecule has 1 aromatic rings. The highest BCUT2D eigenvalue weighted by atomic mass is 16.3. The highest BCUT2D eigenvalue weighted by molar-refractivity contribution is 4.99. The van der Waals surface area contributed by atoms with Crippen molar-refractivity contribution >= 4 is 0 Å². The van der Waals surface area contributed by atoms with E-state index in [1.807, 2.05) is 11.6 Å². The predicted molar refractivity (Wildman–Crippen MR) is 65.5 cm³/mol. The van der Waals surface area contributed by atoms with Gasteiger partial charge in [-0.2, -0.15) is 5.10 Å².